The summed E-state index contributed by atoms with van der Waals surface area (Å²) in [6.07, 6.45) is 8.92. The molecule has 18 heavy (non-hydrogen) atoms. The van der Waals surface area contributed by atoms with Gasteiger partial charge in [0.25, 0.3) is 0 Å². The highest BCUT2D eigenvalue weighted by atomic mass is 35.5. The highest BCUT2D eigenvalue weighted by Gasteiger charge is 2.31. The van der Waals surface area contributed by atoms with E-state index >= 15 is 0 Å². The first-order valence-corrected chi connectivity index (χ1v) is 7.27. The summed E-state index contributed by atoms with van der Waals surface area (Å²) in [5.41, 5.74) is 6.12. The van der Waals surface area contributed by atoms with E-state index in [9.17, 15) is 4.79 Å². The van der Waals surface area contributed by atoms with Crippen LogP contribution in [0.5, 0.6) is 0 Å². The van der Waals surface area contributed by atoms with Crippen LogP contribution in [0.25, 0.3) is 0 Å². The average molecular weight is 275 g/mol. The second kappa shape index (κ2) is 7.34. The molecule has 4 heteroatoms. The monoisotopic (exact) mass is 274 g/mol. The Morgan fingerprint density at radius 1 is 1.22 bits per heavy atom. The van der Waals surface area contributed by atoms with Crippen molar-refractivity contribution in [2.75, 3.05) is 6.54 Å². The quantitative estimate of drug-likeness (QED) is 0.860. The molecule has 2 aliphatic rings. The van der Waals surface area contributed by atoms with Gasteiger partial charge in [0, 0.05) is 25.0 Å². The van der Waals surface area contributed by atoms with Crippen LogP contribution in [0.1, 0.15) is 58.3 Å². The maximum atomic E-state index is 12.3. The van der Waals surface area contributed by atoms with Gasteiger partial charge in [-0.3, -0.25) is 4.79 Å². The van der Waals surface area contributed by atoms with Gasteiger partial charge in [-0.25, -0.2) is 0 Å². The van der Waals surface area contributed by atoms with Crippen molar-refractivity contribution in [3.8, 4) is 0 Å². The topological polar surface area (TPSA) is 46.3 Å². The summed E-state index contributed by atoms with van der Waals surface area (Å²) in [4.78, 5) is 14.4. The van der Waals surface area contributed by atoms with Gasteiger partial charge in [0.2, 0.25) is 5.91 Å². The molecule has 1 heterocycles. The van der Waals surface area contributed by atoms with E-state index in [0.29, 0.717) is 24.3 Å². The number of hydrogen-bond donors (Lipinski definition) is 1. The van der Waals surface area contributed by atoms with Crippen LogP contribution in [0.2, 0.25) is 0 Å². The van der Waals surface area contributed by atoms with Gasteiger partial charge in [-0.05, 0) is 38.0 Å². The maximum Gasteiger partial charge on any atom is 0.223 e. The predicted octanol–water partition coefficient (Wildman–Crippen LogP) is 2.72. The molecule has 1 aliphatic heterocycles. The summed E-state index contributed by atoms with van der Waals surface area (Å²) in [6.45, 7) is 3.15. The SMILES string of the molecule is CCC1CCCN1C(=O)CC1CCCCC1N.Cl. The lowest BCUT2D eigenvalue weighted by atomic mass is 9.82. The average Bonchev–Trinajstić information content (AvgIpc) is 2.80. The molecule has 3 nitrogen and oxygen atoms in total. The van der Waals surface area contributed by atoms with E-state index in [0.717, 1.165) is 25.8 Å². The Kier molecular flexibility index (Phi) is 6.44. The van der Waals surface area contributed by atoms with Gasteiger partial charge in [0.05, 0.1) is 0 Å². The fourth-order valence-electron chi connectivity index (χ4n) is 3.42. The van der Waals surface area contributed by atoms with Gasteiger partial charge in [-0.1, -0.05) is 19.8 Å². The molecule has 0 aromatic heterocycles. The van der Waals surface area contributed by atoms with E-state index in [2.05, 4.69) is 11.8 Å². The third kappa shape index (κ3) is 3.61. The first-order valence-electron chi connectivity index (χ1n) is 7.27. The Bertz CT molecular complexity index is 273. The molecule has 1 saturated heterocycles. The molecule has 0 bridgehead atoms. The molecule has 0 aromatic carbocycles. The lowest BCUT2D eigenvalue weighted by Gasteiger charge is -2.31. The molecular weight excluding hydrogens is 248 g/mol. The molecule has 2 N–H and O–H groups in total. The normalized spacial score (nSPS) is 32.1. The third-order valence-electron chi connectivity index (χ3n) is 4.57. The zero-order chi connectivity index (χ0) is 12.3. The van der Waals surface area contributed by atoms with Gasteiger partial charge < -0.3 is 10.6 Å². The van der Waals surface area contributed by atoms with Crippen LogP contribution in [0, 0.1) is 5.92 Å². The highest BCUT2D eigenvalue weighted by Crippen LogP contribution is 2.28. The zero-order valence-electron chi connectivity index (χ0n) is 11.4. The molecule has 2 rings (SSSR count). The summed E-state index contributed by atoms with van der Waals surface area (Å²) < 4.78 is 0. The molecule has 3 atom stereocenters. The first kappa shape index (κ1) is 15.8. The molecule has 2 fully saturated rings. The van der Waals surface area contributed by atoms with Crippen LogP contribution in [-0.4, -0.2) is 29.4 Å². The summed E-state index contributed by atoms with van der Waals surface area (Å²) in [5.74, 6) is 0.797. The Morgan fingerprint density at radius 3 is 2.61 bits per heavy atom. The van der Waals surface area contributed by atoms with Crippen molar-refractivity contribution in [3.63, 3.8) is 0 Å². The van der Waals surface area contributed by atoms with Crippen LogP contribution >= 0.6 is 12.4 Å². The van der Waals surface area contributed by atoms with E-state index in [1.54, 1.807) is 0 Å². The fraction of sp³-hybridized carbons (Fsp3) is 0.929. The van der Waals surface area contributed by atoms with Crippen LogP contribution in [0.4, 0.5) is 0 Å². The van der Waals surface area contributed by atoms with Crippen molar-refractivity contribution in [3.05, 3.63) is 0 Å². The van der Waals surface area contributed by atoms with E-state index in [4.69, 9.17) is 5.73 Å². The van der Waals surface area contributed by atoms with E-state index in [1.807, 2.05) is 0 Å². The van der Waals surface area contributed by atoms with Crippen molar-refractivity contribution >= 4 is 18.3 Å². The van der Waals surface area contributed by atoms with Gasteiger partial charge >= 0.3 is 0 Å². The predicted molar refractivity (Wildman–Crippen MR) is 76.8 cm³/mol. The Labute approximate surface area is 117 Å². The second-order valence-corrected chi connectivity index (χ2v) is 5.70. The van der Waals surface area contributed by atoms with Gasteiger partial charge in [-0.2, -0.15) is 0 Å². The van der Waals surface area contributed by atoms with E-state index in [-0.39, 0.29) is 18.4 Å². The number of rotatable bonds is 3. The van der Waals surface area contributed by atoms with Gasteiger partial charge in [0.15, 0.2) is 0 Å². The van der Waals surface area contributed by atoms with Crippen molar-refractivity contribution in [2.24, 2.45) is 11.7 Å². The number of carbonyl (C=O) groups excluding carboxylic acids is 1. The molecule has 3 unspecified atom stereocenters. The number of halogens is 1. The third-order valence-corrected chi connectivity index (χ3v) is 4.57. The molecule has 1 aliphatic carbocycles. The Hall–Kier alpha value is -0.280. The van der Waals surface area contributed by atoms with Crippen molar-refractivity contribution in [2.45, 2.75) is 70.4 Å². The zero-order valence-corrected chi connectivity index (χ0v) is 12.3. The number of nitrogens with two attached hydrogens (primary N) is 1. The minimum absolute atomic E-state index is 0. The number of hydrogen-bond acceptors (Lipinski definition) is 2. The molecule has 106 valence electrons. The van der Waals surface area contributed by atoms with Crippen molar-refractivity contribution in [1.29, 1.82) is 0 Å². The summed E-state index contributed by atoms with van der Waals surface area (Å²) in [5, 5.41) is 0. The standard InChI is InChI=1S/C14H26N2O.ClH/c1-2-12-7-5-9-16(12)14(17)10-11-6-3-4-8-13(11)15;/h11-13H,2-10,15H2,1H3;1H. The summed E-state index contributed by atoms with van der Waals surface area (Å²) in [7, 11) is 0. The first-order chi connectivity index (χ1) is 8.22. The summed E-state index contributed by atoms with van der Waals surface area (Å²) in [6, 6.07) is 0.762. The highest BCUT2D eigenvalue weighted by molar-refractivity contribution is 5.85. The number of carbonyl (C=O) groups is 1. The van der Waals surface area contributed by atoms with Crippen LogP contribution in [0.3, 0.4) is 0 Å². The van der Waals surface area contributed by atoms with Gasteiger partial charge in [0.1, 0.15) is 0 Å². The van der Waals surface area contributed by atoms with Crippen LogP contribution < -0.4 is 5.73 Å². The Morgan fingerprint density at radius 2 is 1.94 bits per heavy atom. The number of likely N-dealkylation sites (tertiary alicyclic amines) is 1. The lowest BCUT2D eigenvalue weighted by Crippen LogP contribution is -2.40. The van der Waals surface area contributed by atoms with E-state index < -0.39 is 0 Å². The lowest BCUT2D eigenvalue weighted by molar-refractivity contribution is -0.133. The van der Waals surface area contributed by atoms with Gasteiger partial charge in [-0.15, -0.1) is 12.4 Å². The molecular formula is C14H27ClN2O. The molecule has 0 radical (unpaired) electrons. The molecule has 0 aromatic rings. The van der Waals surface area contributed by atoms with Crippen LogP contribution in [0.15, 0.2) is 0 Å². The molecule has 1 saturated carbocycles. The maximum absolute atomic E-state index is 12.3. The summed E-state index contributed by atoms with van der Waals surface area (Å²) >= 11 is 0. The Balaban J connectivity index is 0.00000162. The number of nitrogens with zero attached hydrogens (tertiary/aromatic N) is 1. The smallest absolute Gasteiger partial charge is 0.223 e. The van der Waals surface area contributed by atoms with E-state index in [1.165, 1.54) is 25.7 Å². The largest absolute Gasteiger partial charge is 0.340 e. The minimum atomic E-state index is 0. The minimum Gasteiger partial charge on any atom is -0.340 e. The van der Waals surface area contributed by atoms with Crippen molar-refractivity contribution in [1.82, 2.24) is 4.90 Å². The van der Waals surface area contributed by atoms with Crippen molar-refractivity contribution < 1.29 is 4.79 Å². The molecule has 0 spiro atoms. The van der Waals surface area contributed by atoms with Crippen LogP contribution in [-0.2, 0) is 4.79 Å². The second-order valence-electron chi connectivity index (χ2n) is 5.70. The number of amides is 1. The fourth-order valence-corrected chi connectivity index (χ4v) is 3.42. The molecule has 1 amide bonds.